The Morgan fingerprint density at radius 2 is 2.22 bits per heavy atom. The summed E-state index contributed by atoms with van der Waals surface area (Å²) in [5.74, 6) is 1.53. The van der Waals surface area contributed by atoms with E-state index in [1.807, 2.05) is 31.3 Å². The van der Waals surface area contributed by atoms with Gasteiger partial charge in [-0.2, -0.15) is 0 Å². The van der Waals surface area contributed by atoms with Crippen molar-refractivity contribution in [3.63, 3.8) is 0 Å². The van der Waals surface area contributed by atoms with Crippen molar-refractivity contribution in [1.82, 2.24) is 9.55 Å². The molecule has 0 radical (unpaired) electrons. The lowest BCUT2D eigenvalue weighted by Gasteiger charge is -2.02. The number of ether oxygens (including phenoxy) is 1. The molecule has 0 bridgehead atoms. The van der Waals surface area contributed by atoms with Gasteiger partial charge in [-0.15, -0.1) is 0 Å². The van der Waals surface area contributed by atoms with Crippen LogP contribution in [-0.4, -0.2) is 28.4 Å². The fourth-order valence-electron chi connectivity index (χ4n) is 1.80. The first-order valence-electron chi connectivity index (χ1n) is 5.63. The van der Waals surface area contributed by atoms with E-state index >= 15 is 0 Å². The molecule has 0 aliphatic rings. The normalized spacial score (nSPS) is 10.7. The number of benzene rings is 1. The molecule has 5 heteroatoms. The van der Waals surface area contributed by atoms with E-state index in [9.17, 15) is 0 Å². The van der Waals surface area contributed by atoms with Gasteiger partial charge in [-0.05, 0) is 12.1 Å². The minimum absolute atomic E-state index is 0.0543. The number of hydrogen-bond acceptors (Lipinski definition) is 3. The molecule has 0 atom stereocenters. The van der Waals surface area contributed by atoms with Gasteiger partial charge in [0.2, 0.25) is 0 Å². The molecule has 0 unspecified atom stereocenters. The van der Waals surface area contributed by atoms with E-state index in [0.717, 1.165) is 17.1 Å². The summed E-state index contributed by atoms with van der Waals surface area (Å²) in [6.07, 6.45) is 0.486. The van der Waals surface area contributed by atoms with Crippen LogP contribution in [0, 0.1) is 0 Å². The first-order valence-corrected chi connectivity index (χ1v) is 6.01. The highest BCUT2D eigenvalue weighted by atomic mass is 35.5. The van der Waals surface area contributed by atoms with Crippen LogP contribution in [0.15, 0.2) is 24.3 Å². The average Bonchev–Trinajstić information content (AvgIpc) is 2.68. The molecule has 0 fully saturated rings. The third-order valence-electron chi connectivity index (χ3n) is 2.80. The Balaban J connectivity index is 2.46. The van der Waals surface area contributed by atoms with Crippen molar-refractivity contribution in [2.45, 2.75) is 6.42 Å². The number of aromatic nitrogens is 2. The predicted molar refractivity (Wildman–Crippen MR) is 71.0 cm³/mol. The van der Waals surface area contributed by atoms with Gasteiger partial charge in [0.25, 0.3) is 0 Å². The van der Waals surface area contributed by atoms with Gasteiger partial charge in [0, 0.05) is 19.0 Å². The monoisotopic (exact) mass is 266 g/mol. The highest BCUT2D eigenvalue weighted by Crippen LogP contribution is 2.29. The summed E-state index contributed by atoms with van der Waals surface area (Å²) in [4.78, 5) is 4.46. The van der Waals surface area contributed by atoms with Gasteiger partial charge in [0.05, 0.1) is 13.7 Å². The van der Waals surface area contributed by atoms with Crippen LogP contribution in [0.4, 0.5) is 0 Å². The molecule has 4 nitrogen and oxygen atoms in total. The molecule has 0 spiro atoms. The predicted octanol–water partition coefficient (Wildman–Crippen LogP) is 2.28. The average molecular weight is 267 g/mol. The SMILES string of the molecule is COc1cccc(-c2nc(CCO)n(C)c2Cl)c1. The van der Waals surface area contributed by atoms with Crippen molar-refractivity contribution in [2.75, 3.05) is 13.7 Å². The lowest BCUT2D eigenvalue weighted by Crippen LogP contribution is -2.00. The Bertz CT molecular complexity index is 552. The maximum atomic E-state index is 8.98. The van der Waals surface area contributed by atoms with Crippen LogP contribution in [0.5, 0.6) is 5.75 Å². The molecule has 2 rings (SSSR count). The van der Waals surface area contributed by atoms with Crippen LogP contribution in [0.3, 0.4) is 0 Å². The van der Waals surface area contributed by atoms with E-state index in [1.165, 1.54) is 0 Å². The quantitative estimate of drug-likeness (QED) is 0.924. The van der Waals surface area contributed by atoms with Crippen molar-refractivity contribution in [3.05, 3.63) is 35.2 Å². The second-order valence-electron chi connectivity index (χ2n) is 3.93. The Morgan fingerprint density at radius 3 is 2.89 bits per heavy atom. The summed E-state index contributed by atoms with van der Waals surface area (Å²) >= 11 is 6.26. The summed E-state index contributed by atoms with van der Waals surface area (Å²) in [6, 6.07) is 7.58. The zero-order valence-electron chi connectivity index (χ0n) is 10.4. The van der Waals surface area contributed by atoms with Crippen LogP contribution < -0.4 is 4.74 Å². The van der Waals surface area contributed by atoms with Gasteiger partial charge >= 0.3 is 0 Å². The van der Waals surface area contributed by atoms with Crippen molar-refractivity contribution in [1.29, 1.82) is 0 Å². The molecule has 96 valence electrons. The zero-order chi connectivity index (χ0) is 13.1. The lowest BCUT2D eigenvalue weighted by atomic mass is 10.1. The van der Waals surface area contributed by atoms with Crippen molar-refractivity contribution >= 4 is 11.6 Å². The van der Waals surface area contributed by atoms with Gasteiger partial charge < -0.3 is 14.4 Å². The number of nitrogens with zero attached hydrogens (tertiary/aromatic N) is 2. The molecule has 1 N–H and O–H groups in total. The van der Waals surface area contributed by atoms with Crippen molar-refractivity contribution in [2.24, 2.45) is 7.05 Å². The van der Waals surface area contributed by atoms with E-state index in [1.54, 1.807) is 11.7 Å². The van der Waals surface area contributed by atoms with E-state index in [4.69, 9.17) is 21.4 Å². The first kappa shape index (κ1) is 12.9. The van der Waals surface area contributed by atoms with E-state index < -0.39 is 0 Å². The van der Waals surface area contributed by atoms with Gasteiger partial charge in [-0.3, -0.25) is 0 Å². The zero-order valence-corrected chi connectivity index (χ0v) is 11.1. The number of aliphatic hydroxyl groups excluding tert-OH is 1. The number of imidazole rings is 1. The first-order chi connectivity index (χ1) is 8.67. The summed E-state index contributed by atoms with van der Waals surface area (Å²) in [5, 5.41) is 9.54. The van der Waals surface area contributed by atoms with E-state index in [0.29, 0.717) is 17.3 Å². The molecule has 0 saturated heterocycles. The molecular formula is C13H15ClN2O2. The van der Waals surface area contributed by atoms with Crippen molar-refractivity contribution < 1.29 is 9.84 Å². The molecule has 0 aliphatic carbocycles. The largest absolute Gasteiger partial charge is 0.497 e. The Morgan fingerprint density at radius 1 is 1.44 bits per heavy atom. The van der Waals surface area contributed by atoms with Crippen LogP contribution >= 0.6 is 11.6 Å². The number of hydrogen-bond donors (Lipinski definition) is 1. The molecule has 0 saturated carbocycles. The third-order valence-corrected chi connectivity index (χ3v) is 3.23. The molecule has 2 aromatic rings. The Labute approximate surface area is 111 Å². The third kappa shape index (κ3) is 2.35. The maximum Gasteiger partial charge on any atom is 0.136 e. The summed E-state index contributed by atoms with van der Waals surface area (Å²) in [6.45, 7) is 0.0543. The van der Waals surface area contributed by atoms with Gasteiger partial charge in [0.15, 0.2) is 0 Å². The van der Waals surface area contributed by atoms with Crippen molar-refractivity contribution in [3.8, 4) is 17.0 Å². The minimum Gasteiger partial charge on any atom is -0.497 e. The molecule has 0 aliphatic heterocycles. The van der Waals surface area contributed by atoms with Crippen LogP contribution in [-0.2, 0) is 13.5 Å². The lowest BCUT2D eigenvalue weighted by molar-refractivity contribution is 0.295. The van der Waals surface area contributed by atoms with Gasteiger partial charge in [0.1, 0.15) is 22.4 Å². The Kier molecular flexibility index (Phi) is 3.89. The highest BCUT2D eigenvalue weighted by molar-refractivity contribution is 6.32. The second kappa shape index (κ2) is 5.42. The van der Waals surface area contributed by atoms with Crippen LogP contribution in [0.1, 0.15) is 5.82 Å². The van der Waals surface area contributed by atoms with E-state index in [-0.39, 0.29) is 6.61 Å². The molecular weight excluding hydrogens is 252 g/mol. The fraction of sp³-hybridized carbons (Fsp3) is 0.308. The maximum absolute atomic E-state index is 8.98. The molecule has 0 amide bonds. The van der Waals surface area contributed by atoms with Gasteiger partial charge in [-0.1, -0.05) is 23.7 Å². The van der Waals surface area contributed by atoms with Crippen LogP contribution in [0.25, 0.3) is 11.3 Å². The second-order valence-corrected chi connectivity index (χ2v) is 4.29. The number of halogens is 1. The molecule has 1 heterocycles. The van der Waals surface area contributed by atoms with Gasteiger partial charge in [-0.25, -0.2) is 4.98 Å². The minimum atomic E-state index is 0.0543. The fourth-order valence-corrected chi connectivity index (χ4v) is 2.05. The standard InChI is InChI=1S/C13H15ClN2O2/c1-16-11(6-7-17)15-12(13(16)14)9-4-3-5-10(8-9)18-2/h3-5,8,17H,6-7H2,1-2H3. The number of rotatable bonds is 4. The number of aliphatic hydroxyl groups is 1. The molecule has 18 heavy (non-hydrogen) atoms. The smallest absolute Gasteiger partial charge is 0.136 e. The Hall–Kier alpha value is -1.52. The number of methoxy groups -OCH3 is 1. The summed E-state index contributed by atoms with van der Waals surface area (Å²) < 4.78 is 6.97. The molecule has 1 aromatic carbocycles. The topological polar surface area (TPSA) is 47.3 Å². The summed E-state index contributed by atoms with van der Waals surface area (Å²) in [7, 11) is 3.46. The van der Waals surface area contributed by atoms with E-state index in [2.05, 4.69) is 4.98 Å². The highest BCUT2D eigenvalue weighted by Gasteiger charge is 2.14. The van der Waals surface area contributed by atoms with Crippen LogP contribution in [0.2, 0.25) is 5.15 Å². The summed E-state index contributed by atoms with van der Waals surface area (Å²) in [5.41, 5.74) is 1.61. The molecule has 1 aromatic heterocycles.